The van der Waals surface area contributed by atoms with Gasteiger partial charge in [0.05, 0.1) is 0 Å². The van der Waals surface area contributed by atoms with Gasteiger partial charge < -0.3 is 5.32 Å². The number of carbonyl (C=O) groups is 1. The monoisotopic (exact) mass is 367 g/mol. The fourth-order valence-electron chi connectivity index (χ4n) is 2.00. The standard InChI is InChI=1S/C14H17BrClF2NO/c1-2-3-9(4-5-16)8-19-14(20)13-11(17)6-10(15)7-12(13)18/h6-7,9H,2-5,8H2,1H3,(H,19,20). The van der Waals surface area contributed by atoms with E-state index in [0.717, 1.165) is 31.4 Å². The Balaban J connectivity index is 2.71. The predicted octanol–water partition coefficient (Wildman–Crippen LogP) is 4.50. The van der Waals surface area contributed by atoms with Crippen molar-refractivity contribution in [3.63, 3.8) is 0 Å². The zero-order chi connectivity index (χ0) is 15.1. The van der Waals surface area contributed by atoms with E-state index in [1.54, 1.807) is 0 Å². The Hall–Kier alpha value is -0.680. The maximum absolute atomic E-state index is 13.6. The summed E-state index contributed by atoms with van der Waals surface area (Å²) in [7, 11) is 0. The quantitative estimate of drug-likeness (QED) is 0.705. The topological polar surface area (TPSA) is 29.1 Å². The second-order valence-corrected chi connectivity index (χ2v) is 5.88. The van der Waals surface area contributed by atoms with Gasteiger partial charge in [0.1, 0.15) is 17.2 Å². The number of carbonyl (C=O) groups excluding carboxylic acids is 1. The van der Waals surface area contributed by atoms with Crippen molar-refractivity contribution in [1.29, 1.82) is 0 Å². The molecule has 0 heterocycles. The maximum Gasteiger partial charge on any atom is 0.257 e. The Morgan fingerprint density at radius 1 is 1.35 bits per heavy atom. The van der Waals surface area contributed by atoms with Crippen molar-refractivity contribution in [2.75, 3.05) is 12.4 Å². The van der Waals surface area contributed by atoms with E-state index in [1.807, 2.05) is 6.92 Å². The molecule has 1 rings (SSSR count). The highest BCUT2D eigenvalue weighted by molar-refractivity contribution is 9.10. The van der Waals surface area contributed by atoms with Crippen LogP contribution < -0.4 is 5.32 Å². The molecule has 0 saturated heterocycles. The Bertz CT molecular complexity index is 441. The third-order valence-corrected chi connectivity index (χ3v) is 3.68. The van der Waals surface area contributed by atoms with Gasteiger partial charge in [0.25, 0.3) is 5.91 Å². The lowest BCUT2D eigenvalue weighted by atomic mass is 10.0. The number of nitrogens with one attached hydrogen (secondary N) is 1. The van der Waals surface area contributed by atoms with E-state index in [9.17, 15) is 13.6 Å². The van der Waals surface area contributed by atoms with Gasteiger partial charge in [-0.15, -0.1) is 11.6 Å². The Morgan fingerprint density at radius 2 is 1.95 bits per heavy atom. The number of benzene rings is 1. The predicted molar refractivity (Wildman–Crippen MR) is 80.1 cm³/mol. The summed E-state index contributed by atoms with van der Waals surface area (Å²) in [6.45, 7) is 2.41. The molecule has 1 amide bonds. The first-order valence-electron chi connectivity index (χ1n) is 6.48. The van der Waals surface area contributed by atoms with E-state index in [4.69, 9.17) is 11.6 Å². The molecule has 1 atom stereocenters. The van der Waals surface area contributed by atoms with Crippen molar-refractivity contribution in [3.8, 4) is 0 Å². The molecule has 1 aromatic rings. The van der Waals surface area contributed by atoms with Crippen LogP contribution in [0.5, 0.6) is 0 Å². The van der Waals surface area contributed by atoms with Gasteiger partial charge in [-0.2, -0.15) is 0 Å². The van der Waals surface area contributed by atoms with Crippen LogP contribution in [-0.2, 0) is 0 Å². The highest BCUT2D eigenvalue weighted by Crippen LogP contribution is 2.19. The maximum atomic E-state index is 13.6. The van der Waals surface area contributed by atoms with Crippen LogP contribution >= 0.6 is 27.5 Å². The molecule has 0 aliphatic rings. The summed E-state index contributed by atoms with van der Waals surface area (Å²) in [6, 6.07) is 2.14. The number of alkyl halides is 1. The summed E-state index contributed by atoms with van der Waals surface area (Å²) >= 11 is 8.67. The van der Waals surface area contributed by atoms with Gasteiger partial charge >= 0.3 is 0 Å². The van der Waals surface area contributed by atoms with Crippen LogP contribution in [0.1, 0.15) is 36.5 Å². The van der Waals surface area contributed by atoms with Gasteiger partial charge in [0.15, 0.2) is 0 Å². The van der Waals surface area contributed by atoms with E-state index in [0.29, 0.717) is 12.4 Å². The molecule has 0 aromatic heterocycles. The Kier molecular flexibility index (Phi) is 7.45. The third-order valence-electron chi connectivity index (χ3n) is 3.00. The van der Waals surface area contributed by atoms with Crippen molar-refractivity contribution in [2.45, 2.75) is 26.2 Å². The zero-order valence-corrected chi connectivity index (χ0v) is 13.5. The lowest BCUT2D eigenvalue weighted by molar-refractivity contribution is 0.0937. The molecule has 1 aromatic carbocycles. The minimum Gasteiger partial charge on any atom is -0.352 e. The van der Waals surface area contributed by atoms with Crippen LogP contribution in [0.2, 0.25) is 0 Å². The van der Waals surface area contributed by atoms with E-state index in [-0.39, 0.29) is 10.4 Å². The number of hydrogen-bond donors (Lipinski definition) is 1. The lowest BCUT2D eigenvalue weighted by Gasteiger charge is -2.16. The van der Waals surface area contributed by atoms with Crippen LogP contribution in [0, 0.1) is 17.6 Å². The first-order chi connectivity index (χ1) is 9.49. The molecule has 0 spiro atoms. The molecule has 112 valence electrons. The van der Waals surface area contributed by atoms with Gasteiger partial charge in [0.2, 0.25) is 0 Å². The number of rotatable bonds is 7. The highest BCUT2D eigenvalue weighted by Gasteiger charge is 2.19. The molecule has 1 N–H and O–H groups in total. The fourth-order valence-corrected chi connectivity index (χ4v) is 2.71. The largest absolute Gasteiger partial charge is 0.352 e. The molecular formula is C14H17BrClF2NO. The Morgan fingerprint density at radius 3 is 2.45 bits per heavy atom. The molecule has 0 bridgehead atoms. The molecular weight excluding hydrogens is 352 g/mol. The van der Waals surface area contributed by atoms with Gasteiger partial charge in [-0.05, 0) is 30.9 Å². The minimum atomic E-state index is -0.876. The third kappa shape index (κ3) is 5.02. The van der Waals surface area contributed by atoms with E-state index < -0.39 is 23.1 Å². The molecule has 0 aliphatic heterocycles. The molecule has 0 fully saturated rings. The van der Waals surface area contributed by atoms with Gasteiger partial charge in [0, 0.05) is 16.9 Å². The van der Waals surface area contributed by atoms with Crippen LogP contribution in [0.15, 0.2) is 16.6 Å². The molecule has 0 radical (unpaired) electrons. The van der Waals surface area contributed by atoms with Crippen molar-refractivity contribution in [1.82, 2.24) is 5.32 Å². The van der Waals surface area contributed by atoms with Crippen LogP contribution in [0.4, 0.5) is 8.78 Å². The summed E-state index contributed by atoms with van der Waals surface area (Å²) in [5, 5.41) is 2.58. The summed E-state index contributed by atoms with van der Waals surface area (Å²) < 4.78 is 27.5. The van der Waals surface area contributed by atoms with Crippen molar-refractivity contribution in [2.24, 2.45) is 5.92 Å². The average Bonchev–Trinajstić information content (AvgIpc) is 2.35. The van der Waals surface area contributed by atoms with Gasteiger partial charge in [-0.1, -0.05) is 29.3 Å². The second kappa shape index (κ2) is 8.57. The van der Waals surface area contributed by atoms with E-state index in [1.165, 1.54) is 0 Å². The molecule has 0 aliphatic carbocycles. The molecule has 6 heteroatoms. The summed E-state index contributed by atoms with van der Waals surface area (Å²) in [5.41, 5.74) is -0.547. The van der Waals surface area contributed by atoms with Crippen LogP contribution in [-0.4, -0.2) is 18.3 Å². The van der Waals surface area contributed by atoms with Crippen molar-refractivity contribution >= 4 is 33.4 Å². The number of halogens is 4. The smallest absolute Gasteiger partial charge is 0.257 e. The van der Waals surface area contributed by atoms with Crippen LogP contribution in [0.25, 0.3) is 0 Å². The summed E-state index contributed by atoms with van der Waals surface area (Å²) in [5.74, 6) is -1.76. The minimum absolute atomic E-state index is 0.225. The normalized spacial score (nSPS) is 12.2. The fraction of sp³-hybridized carbons (Fsp3) is 0.500. The average molecular weight is 369 g/mol. The van der Waals surface area contributed by atoms with Crippen LogP contribution in [0.3, 0.4) is 0 Å². The Labute approximate surface area is 131 Å². The molecule has 20 heavy (non-hydrogen) atoms. The van der Waals surface area contributed by atoms with E-state index >= 15 is 0 Å². The second-order valence-electron chi connectivity index (χ2n) is 4.59. The number of amides is 1. The lowest BCUT2D eigenvalue weighted by Crippen LogP contribution is -2.31. The molecule has 0 saturated carbocycles. The van der Waals surface area contributed by atoms with Crippen molar-refractivity contribution in [3.05, 3.63) is 33.8 Å². The highest BCUT2D eigenvalue weighted by atomic mass is 79.9. The number of hydrogen-bond acceptors (Lipinski definition) is 1. The molecule has 2 nitrogen and oxygen atoms in total. The zero-order valence-electron chi connectivity index (χ0n) is 11.2. The SMILES string of the molecule is CCCC(CCCl)CNC(=O)c1c(F)cc(Br)cc1F. The van der Waals surface area contributed by atoms with Gasteiger partial charge in [-0.3, -0.25) is 4.79 Å². The summed E-state index contributed by atoms with van der Waals surface area (Å²) in [6.07, 6.45) is 2.65. The van der Waals surface area contributed by atoms with Gasteiger partial charge in [-0.25, -0.2) is 8.78 Å². The molecule has 1 unspecified atom stereocenters. The van der Waals surface area contributed by atoms with E-state index in [2.05, 4.69) is 21.2 Å². The summed E-state index contributed by atoms with van der Waals surface area (Å²) in [4.78, 5) is 11.9. The first kappa shape index (κ1) is 17.4. The first-order valence-corrected chi connectivity index (χ1v) is 7.81. The van der Waals surface area contributed by atoms with Crippen molar-refractivity contribution < 1.29 is 13.6 Å².